The van der Waals surface area contributed by atoms with E-state index in [1.807, 2.05) is 18.2 Å². The first-order valence-corrected chi connectivity index (χ1v) is 6.46. The number of para-hydroxylation sites is 1. The van der Waals surface area contributed by atoms with Crippen LogP contribution in [0, 0.1) is 0 Å². The van der Waals surface area contributed by atoms with Crippen LogP contribution < -0.4 is 10.5 Å². The monoisotopic (exact) mass is 228 g/mol. The number of nitrogens with two attached hydrogens (primary N) is 1. The molecule has 0 spiro atoms. The fraction of sp³-hybridized carbons (Fsp3) is 0.400. The minimum atomic E-state index is -3.19. The van der Waals surface area contributed by atoms with Crippen molar-refractivity contribution in [3.05, 3.63) is 29.8 Å². The van der Waals surface area contributed by atoms with Gasteiger partial charge in [-0.1, -0.05) is 18.2 Å². The highest BCUT2D eigenvalue weighted by molar-refractivity contribution is 7.89. The molecule has 1 aromatic rings. The standard InChI is InChI=1S/C10H16N2O2S/c1-3-15(13,14)12-8(2)9-6-4-5-7-10(9)11/h4-8,12H,3,11H2,1-2H3. The zero-order valence-electron chi connectivity index (χ0n) is 8.90. The Morgan fingerprint density at radius 1 is 1.40 bits per heavy atom. The maximum atomic E-state index is 11.3. The smallest absolute Gasteiger partial charge is 0.211 e. The molecule has 0 aliphatic carbocycles. The summed E-state index contributed by atoms with van der Waals surface area (Å²) in [6, 6.07) is 6.93. The molecule has 0 aromatic heterocycles. The number of benzene rings is 1. The molecule has 84 valence electrons. The zero-order valence-corrected chi connectivity index (χ0v) is 9.71. The predicted octanol–water partition coefficient (Wildman–Crippen LogP) is 1.27. The van der Waals surface area contributed by atoms with E-state index < -0.39 is 10.0 Å². The van der Waals surface area contributed by atoms with Gasteiger partial charge in [0.05, 0.1) is 5.75 Å². The average molecular weight is 228 g/mol. The lowest BCUT2D eigenvalue weighted by Crippen LogP contribution is -2.28. The molecule has 0 amide bonds. The molecule has 4 nitrogen and oxygen atoms in total. The number of anilines is 1. The number of hydrogen-bond acceptors (Lipinski definition) is 3. The van der Waals surface area contributed by atoms with Crippen molar-refractivity contribution in [1.29, 1.82) is 0 Å². The molecule has 3 N–H and O–H groups in total. The minimum absolute atomic E-state index is 0.0735. The van der Waals surface area contributed by atoms with Crippen molar-refractivity contribution >= 4 is 15.7 Å². The second kappa shape index (κ2) is 4.63. The molecule has 15 heavy (non-hydrogen) atoms. The van der Waals surface area contributed by atoms with Crippen molar-refractivity contribution in [2.75, 3.05) is 11.5 Å². The molecular weight excluding hydrogens is 212 g/mol. The van der Waals surface area contributed by atoms with E-state index in [1.54, 1.807) is 19.9 Å². The molecule has 0 aliphatic heterocycles. The summed E-state index contributed by atoms with van der Waals surface area (Å²) in [5, 5.41) is 0. The summed E-state index contributed by atoms with van der Waals surface area (Å²) < 4.78 is 25.2. The highest BCUT2D eigenvalue weighted by Crippen LogP contribution is 2.19. The Bertz CT molecular complexity index is 429. The number of hydrogen-bond donors (Lipinski definition) is 2. The van der Waals surface area contributed by atoms with Crippen LogP contribution >= 0.6 is 0 Å². The van der Waals surface area contributed by atoms with Gasteiger partial charge in [0.1, 0.15) is 0 Å². The number of rotatable bonds is 4. The van der Waals surface area contributed by atoms with Crippen molar-refractivity contribution in [3.8, 4) is 0 Å². The Labute approximate surface area is 90.5 Å². The van der Waals surface area contributed by atoms with Gasteiger partial charge in [0, 0.05) is 11.7 Å². The summed E-state index contributed by atoms with van der Waals surface area (Å²) in [6.07, 6.45) is 0. The van der Waals surface area contributed by atoms with Gasteiger partial charge in [0.25, 0.3) is 0 Å². The molecule has 0 saturated carbocycles. The highest BCUT2D eigenvalue weighted by Gasteiger charge is 2.14. The fourth-order valence-corrected chi connectivity index (χ4v) is 2.15. The summed E-state index contributed by atoms with van der Waals surface area (Å²) in [4.78, 5) is 0. The van der Waals surface area contributed by atoms with Crippen LogP contribution in [0.15, 0.2) is 24.3 Å². The normalized spacial score (nSPS) is 13.7. The van der Waals surface area contributed by atoms with Gasteiger partial charge < -0.3 is 5.73 Å². The zero-order chi connectivity index (χ0) is 11.5. The van der Waals surface area contributed by atoms with Crippen LogP contribution in [0.25, 0.3) is 0 Å². The van der Waals surface area contributed by atoms with Crippen molar-refractivity contribution in [3.63, 3.8) is 0 Å². The van der Waals surface area contributed by atoms with Crippen molar-refractivity contribution < 1.29 is 8.42 Å². The van der Waals surface area contributed by atoms with E-state index in [1.165, 1.54) is 0 Å². The third kappa shape index (κ3) is 3.21. The third-order valence-electron chi connectivity index (χ3n) is 2.20. The summed E-state index contributed by atoms with van der Waals surface area (Å²) in [5.74, 6) is 0.0735. The Kier molecular flexibility index (Phi) is 3.71. The third-order valence-corrected chi connectivity index (χ3v) is 3.67. The Hall–Kier alpha value is -1.07. The van der Waals surface area contributed by atoms with Crippen LogP contribution in [0.3, 0.4) is 0 Å². The van der Waals surface area contributed by atoms with E-state index in [2.05, 4.69) is 4.72 Å². The molecule has 0 bridgehead atoms. The molecule has 0 fully saturated rings. The van der Waals surface area contributed by atoms with E-state index in [0.717, 1.165) is 5.56 Å². The second-order valence-electron chi connectivity index (χ2n) is 3.37. The number of sulfonamides is 1. The summed E-state index contributed by atoms with van der Waals surface area (Å²) >= 11 is 0. The van der Waals surface area contributed by atoms with Crippen LogP contribution in [0.5, 0.6) is 0 Å². The van der Waals surface area contributed by atoms with Crippen molar-refractivity contribution in [2.24, 2.45) is 0 Å². The quantitative estimate of drug-likeness (QED) is 0.762. The van der Waals surface area contributed by atoms with Gasteiger partial charge in [0.15, 0.2) is 0 Å². The molecule has 0 heterocycles. The maximum Gasteiger partial charge on any atom is 0.211 e. The lowest BCUT2D eigenvalue weighted by atomic mass is 10.1. The van der Waals surface area contributed by atoms with Crippen molar-refractivity contribution in [1.82, 2.24) is 4.72 Å². The molecule has 0 saturated heterocycles. The topological polar surface area (TPSA) is 72.2 Å². The van der Waals surface area contributed by atoms with Crippen LogP contribution in [-0.4, -0.2) is 14.2 Å². The molecule has 5 heteroatoms. The number of nitrogens with one attached hydrogen (secondary N) is 1. The Balaban J connectivity index is 2.87. The Morgan fingerprint density at radius 2 is 2.00 bits per heavy atom. The molecule has 1 rings (SSSR count). The van der Waals surface area contributed by atoms with Crippen LogP contribution in [0.4, 0.5) is 5.69 Å². The summed E-state index contributed by atoms with van der Waals surface area (Å²) in [7, 11) is -3.19. The molecule has 0 aliphatic rings. The molecule has 1 atom stereocenters. The van der Waals surface area contributed by atoms with Gasteiger partial charge in [-0.05, 0) is 25.5 Å². The number of nitrogen functional groups attached to an aromatic ring is 1. The van der Waals surface area contributed by atoms with Crippen LogP contribution in [-0.2, 0) is 10.0 Å². The van der Waals surface area contributed by atoms with E-state index in [0.29, 0.717) is 5.69 Å². The van der Waals surface area contributed by atoms with Gasteiger partial charge in [-0.3, -0.25) is 0 Å². The second-order valence-corrected chi connectivity index (χ2v) is 5.41. The summed E-state index contributed by atoms with van der Waals surface area (Å²) in [5.41, 5.74) is 7.15. The SMILES string of the molecule is CCS(=O)(=O)NC(C)c1ccccc1N. The first kappa shape index (κ1) is 12.0. The van der Waals surface area contributed by atoms with E-state index >= 15 is 0 Å². The molecule has 1 unspecified atom stereocenters. The molecule has 0 radical (unpaired) electrons. The predicted molar refractivity (Wildman–Crippen MR) is 61.9 cm³/mol. The largest absolute Gasteiger partial charge is 0.398 e. The molecular formula is C10H16N2O2S. The first-order chi connectivity index (χ1) is 6.96. The fourth-order valence-electron chi connectivity index (χ4n) is 1.32. The van der Waals surface area contributed by atoms with E-state index in [-0.39, 0.29) is 11.8 Å². The summed E-state index contributed by atoms with van der Waals surface area (Å²) in [6.45, 7) is 3.38. The van der Waals surface area contributed by atoms with Crippen LogP contribution in [0.1, 0.15) is 25.5 Å². The van der Waals surface area contributed by atoms with Gasteiger partial charge in [-0.2, -0.15) is 0 Å². The van der Waals surface area contributed by atoms with Crippen molar-refractivity contribution in [2.45, 2.75) is 19.9 Å². The maximum absolute atomic E-state index is 11.3. The van der Waals surface area contributed by atoms with Crippen LogP contribution in [0.2, 0.25) is 0 Å². The average Bonchev–Trinajstić information content (AvgIpc) is 2.17. The van der Waals surface area contributed by atoms with E-state index in [9.17, 15) is 8.42 Å². The minimum Gasteiger partial charge on any atom is -0.398 e. The first-order valence-electron chi connectivity index (χ1n) is 4.80. The van der Waals surface area contributed by atoms with E-state index in [4.69, 9.17) is 5.73 Å². The Morgan fingerprint density at radius 3 is 2.53 bits per heavy atom. The molecule has 1 aromatic carbocycles. The lowest BCUT2D eigenvalue weighted by Gasteiger charge is -2.15. The van der Waals surface area contributed by atoms with Gasteiger partial charge in [-0.15, -0.1) is 0 Å². The van der Waals surface area contributed by atoms with Gasteiger partial charge >= 0.3 is 0 Å². The lowest BCUT2D eigenvalue weighted by molar-refractivity contribution is 0.568. The highest BCUT2D eigenvalue weighted by atomic mass is 32.2. The van der Waals surface area contributed by atoms with Gasteiger partial charge in [-0.25, -0.2) is 13.1 Å². The van der Waals surface area contributed by atoms with Gasteiger partial charge in [0.2, 0.25) is 10.0 Å².